The summed E-state index contributed by atoms with van der Waals surface area (Å²) in [4.78, 5) is 16.2. The van der Waals surface area contributed by atoms with Crippen molar-refractivity contribution in [2.75, 3.05) is 12.4 Å². The van der Waals surface area contributed by atoms with Crippen LogP contribution in [0.5, 0.6) is 0 Å². The lowest BCUT2D eigenvalue weighted by Crippen LogP contribution is -2.24. The highest BCUT2D eigenvalue weighted by Crippen LogP contribution is 2.17. The Balaban J connectivity index is 2.10. The molecule has 2 heterocycles. The number of aromatic nitrogens is 1. The van der Waals surface area contributed by atoms with Crippen LogP contribution in [0.4, 0.5) is 5.82 Å². The Morgan fingerprint density at radius 1 is 1.42 bits per heavy atom. The van der Waals surface area contributed by atoms with Crippen LogP contribution in [0.25, 0.3) is 0 Å². The Hall–Kier alpha value is -1.59. The van der Waals surface area contributed by atoms with Crippen LogP contribution in [-0.4, -0.2) is 17.9 Å². The Morgan fingerprint density at radius 3 is 2.84 bits per heavy atom. The van der Waals surface area contributed by atoms with Gasteiger partial charge in [0.25, 0.3) is 5.91 Å². The number of thiophene rings is 1. The van der Waals surface area contributed by atoms with E-state index >= 15 is 0 Å². The van der Waals surface area contributed by atoms with E-state index in [-0.39, 0.29) is 11.6 Å². The SMILES string of the molecule is CNc1ccc(Cl)c(C(=O)NCc2cscc2C)n1. The summed E-state index contributed by atoms with van der Waals surface area (Å²) in [6, 6.07) is 3.38. The van der Waals surface area contributed by atoms with Crippen LogP contribution in [0.3, 0.4) is 0 Å². The van der Waals surface area contributed by atoms with Crippen LogP contribution in [-0.2, 0) is 6.54 Å². The first-order chi connectivity index (χ1) is 9.11. The Morgan fingerprint density at radius 2 is 2.21 bits per heavy atom. The van der Waals surface area contributed by atoms with Crippen molar-refractivity contribution in [2.45, 2.75) is 13.5 Å². The number of rotatable bonds is 4. The molecule has 0 radical (unpaired) electrons. The van der Waals surface area contributed by atoms with Crippen molar-refractivity contribution in [1.29, 1.82) is 0 Å². The standard InChI is InChI=1S/C13H14ClN3OS/c1-8-6-19-7-9(8)5-16-13(18)12-10(14)3-4-11(15-2)17-12/h3-4,6-7H,5H2,1-2H3,(H,15,17)(H,16,18). The monoisotopic (exact) mass is 295 g/mol. The lowest BCUT2D eigenvalue weighted by atomic mass is 10.2. The lowest BCUT2D eigenvalue weighted by molar-refractivity contribution is 0.0946. The second-order valence-corrected chi connectivity index (χ2v) is 5.19. The summed E-state index contributed by atoms with van der Waals surface area (Å²) in [5.41, 5.74) is 2.52. The molecular formula is C13H14ClN3OS. The average Bonchev–Trinajstić information content (AvgIpc) is 2.82. The molecule has 0 aliphatic heterocycles. The first-order valence-electron chi connectivity index (χ1n) is 5.76. The molecule has 2 aromatic heterocycles. The summed E-state index contributed by atoms with van der Waals surface area (Å²) < 4.78 is 0. The zero-order chi connectivity index (χ0) is 13.8. The van der Waals surface area contributed by atoms with Crippen LogP contribution < -0.4 is 10.6 Å². The highest BCUT2D eigenvalue weighted by molar-refractivity contribution is 7.08. The normalized spacial score (nSPS) is 10.3. The molecule has 0 fully saturated rings. The molecule has 2 aromatic rings. The maximum atomic E-state index is 12.1. The Kier molecular flexibility index (Phi) is 4.39. The van der Waals surface area contributed by atoms with E-state index in [9.17, 15) is 4.79 Å². The number of hydrogen-bond acceptors (Lipinski definition) is 4. The van der Waals surface area contributed by atoms with Crippen LogP contribution in [0.1, 0.15) is 21.6 Å². The lowest BCUT2D eigenvalue weighted by Gasteiger charge is -2.07. The second-order valence-electron chi connectivity index (χ2n) is 4.04. The van der Waals surface area contributed by atoms with E-state index in [1.807, 2.05) is 17.7 Å². The van der Waals surface area contributed by atoms with Gasteiger partial charge in [0.15, 0.2) is 0 Å². The van der Waals surface area contributed by atoms with Crippen molar-refractivity contribution in [2.24, 2.45) is 0 Å². The third kappa shape index (κ3) is 3.24. The van der Waals surface area contributed by atoms with Gasteiger partial charge in [0.1, 0.15) is 11.5 Å². The fourth-order valence-corrected chi connectivity index (χ4v) is 2.62. The van der Waals surface area contributed by atoms with Crippen molar-refractivity contribution >= 4 is 34.7 Å². The van der Waals surface area contributed by atoms with E-state index in [4.69, 9.17) is 11.6 Å². The predicted molar refractivity (Wildman–Crippen MR) is 79.0 cm³/mol. The smallest absolute Gasteiger partial charge is 0.271 e. The van der Waals surface area contributed by atoms with E-state index in [0.717, 1.165) is 5.56 Å². The van der Waals surface area contributed by atoms with E-state index < -0.39 is 0 Å². The van der Waals surface area contributed by atoms with Crippen LogP contribution in [0, 0.1) is 6.92 Å². The number of carbonyl (C=O) groups excluding carboxylic acids is 1. The molecule has 4 nitrogen and oxygen atoms in total. The molecule has 0 spiro atoms. The van der Waals surface area contributed by atoms with E-state index in [2.05, 4.69) is 15.6 Å². The van der Waals surface area contributed by atoms with E-state index in [0.29, 0.717) is 17.4 Å². The number of anilines is 1. The molecule has 100 valence electrons. The number of carbonyl (C=O) groups is 1. The topological polar surface area (TPSA) is 54.0 Å². The van der Waals surface area contributed by atoms with Gasteiger partial charge in [-0.3, -0.25) is 4.79 Å². The first-order valence-corrected chi connectivity index (χ1v) is 7.08. The highest BCUT2D eigenvalue weighted by Gasteiger charge is 2.13. The molecule has 0 aliphatic rings. The molecule has 0 saturated carbocycles. The van der Waals surface area contributed by atoms with Gasteiger partial charge in [0.05, 0.1) is 5.02 Å². The van der Waals surface area contributed by atoms with Crippen molar-refractivity contribution in [3.63, 3.8) is 0 Å². The molecule has 2 rings (SSSR count). The quantitative estimate of drug-likeness (QED) is 0.911. The van der Waals surface area contributed by atoms with Crippen LogP contribution >= 0.6 is 22.9 Å². The maximum Gasteiger partial charge on any atom is 0.271 e. The molecule has 0 saturated heterocycles. The van der Waals surface area contributed by atoms with Gasteiger partial charge in [-0.2, -0.15) is 11.3 Å². The van der Waals surface area contributed by atoms with E-state index in [1.54, 1.807) is 30.5 Å². The largest absolute Gasteiger partial charge is 0.373 e. The molecular weight excluding hydrogens is 282 g/mol. The predicted octanol–water partition coefficient (Wildman–Crippen LogP) is 3.08. The van der Waals surface area contributed by atoms with Gasteiger partial charge in [-0.05, 0) is 40.9 Å². The number of pyridine rings is 1. The van der Waals surface area contributed by atoms with Gasteiger partial charge in [-0.15, -0.1) is 0 Å². The summed E-state index contributed by atoms with van der Waals surface area (Å²) in [5.74, 6) is 0.342. The van der Waals surface area contributed by atoms with Crippen LogP contribution in [0.2, 0.25) is 5.02 Å². The van der Waals surface area contributed by atoms with Crippen LogP contribution in [0.15, 0.2) is 22.9 Å². The average molecular weight is 296 g/mol. The third-order valence-corrected chi connectivity index (χ3v) is 3.93. The number of aryl methyl sites for hydroxylation is 1. The third-order valence-electron chi connectivity index (χ3n) is 2.72. The van der Waals surface area contributed by atoms with Gasteiger partial charge < -0.3 is 10.6 Å². The molecule has 0 aromatic carbocycles. The first kappa shape index (κ1) is 13.8. The minimum atomic E-state index is -0.271. The minimum Gasteiger partial charge on any atom is -0.373 e. The minimum absolute atomic E-state index is 0.237. The van der Waals surface area contributed by atoms with E-state index in [1.165, 1.54) is 5.56 Å². The summed E-state index contributed by atoms with van der Waals surface area (Å²) >= 11 is 7.61. The number of nitrogens with zero attached hydrogens (tertiary/aromatic N) is 1. The molecule has 6 heteroatoms. The zero-order valence-electron chi connectivity index (χ0n) is 10.7. The van der Waals surface area contributed by atoms with Crippen molar-refractivity contribution in [3.05, 3.63) is 44.7 Å². The summed E-state index contributed by atoms with van der Waals surface area (Å²) in [7, 11) is 1.74. The molecule has 2 N–H and O–H groups in total. The Labute approximate surface area is 120 Å². The molecule has 0 atom stereocenters. The number of amides is 1. The van der Waals surface area contributed by atoms with Crippen molar-refractivity contribution in [1.82, 2.24) is 10.3 Å². The van der Waals surface area contributed by atoms with Gasteiger partial charge in [-0.25, -0.2) is 4.98 Å². The summed E-state index contributed by atoms with van der Waals surface area (Å²) in [6.07, 6.45) is 0. The van der Waals surface area contributed by atoms with Crippen molar-refractivity contribution < 1.29 is 4.79 Å². The van der Waals surface area contributed by atoms with Gasteiger partial charge in [0, 0.05) is 13.6 Å². The number of halogens is 1. The number of hydrogen-bond donors (Lipinski definition) is 2. The van der Waals surface area contributed by atoms with Gasteiger partial charge in [-0.1, -0.05) is 11.6 Å². The van der Waals surface area contributed by atoms with Gasteiger partial charge >= 0.3 is 0 Å². The molecule has 0 aliphatic carbocycles. The fraction of sp³-hybridized carbons (Fsp3) is 0.231. The van der Waals surface area contributed by atoms with Gasteiger partial charge in [0.2, 0.25) is 0 Å². The zero-order valence-corrected chi connectivity index (χ0v) is 12.2. The molecule has 0 unspecified atom stereocenters. The molecule has 0 bridgehead atoms. The second kappa shape index (κ2) is 6.04. The summed E-state index contributed by atoms with van der Waals surface area (Å²) in [6.45, 7) is 2.50. The molecule has 1 amide bonds. The number of nitrogens with one attached hydrogen (secondary N) is 2. The molecule has 19 heavy (non-hydrogen) atoms. The highest BCUT2D eigenvalue weighted by atomic mass is 35.5. The fourth-order valence-electron chi connectivity index (χ4n) is 1.57. The van der Waals surface area contributed by atoms with Crippen molar-refractivity contribution in [3.8, 4) is 0 Å². The Bertz CT molecular complexity index is 597. The summed E-state index contributed by atoms with van der Waals surface area (Å²) in [5, 5.41) is 10.1. The maximum absolute atomic E-state index is 12.1.